The minimum absolute atomic E-state index is 0.0797. The lowest BCUT2D eigenvalue weighted by molar-refractivity contribution is -0.391. The summed E-state index contributed by atoms with van der Waals surface area (Å²) in [6, 6.07) is 0. The molecule has 33 nitrogen and oxygen atoms in total. The Morgan fingerprint density at radius 3 is 1.25 bits per heavy atom. The first kappa shape index (κ1) is 58.0. The van der Waals surface area contributed by atoms with Crippen molar-refractivity contribution in [3.05, 3.63) is 0 Å². The minimum Gasteiger partial charge on any atom is -0.394 e. The second-order valence-electron chi connectivity index (χ2n) is 14.6. The molecule has 4 aliphatic heterocycles. The number of phosphoric acid groups is 1. The van der Waals surface area contributed by atoms with Crippen LogP contribution in [0.4, 0.5) is 0 Å². The third kappa shape index (κ3) is 15.3. The molecular weight excluding hydrogens is 951 g/mol. The van der Waals surface area contributed by atoms with Crippen LogP contribution in [0.15, 0.2) is 0 Å². The smallest absolute Gasteiger partial charge is 0.394 e. The standard InChI is InChI=1S/C30H53O29P.H2O4S/c31-1-7(36)13(37)14(38)8(2-32)52-28-21(45)24(16(40)9(3-33)53-28)58-30-23(47)26(18(42)11(5-35)55-30)59-29-22(46)25(17(41)10(4-34)54-29)57-27-20(44)19(43)15(39)12(56-27)6-51-60(48,49)50;1-5(2,3)4/h2,7-31,33-47H,1,3-6H2,(H2,48,49,50);(H2,1,2,3,4)/t7-,8-,9-,10-,11-,12-,13-,14-,15-,16-,17-,18-,19+,20+,21+,22+,23+,24+,25+,26+,27-,28+,29-,30-;/m1./s1. The van der Waals surface area contributed by atoms with Gasteiger partial charge in [-0.05, 0) is 0 Å². The summed E-state index contributed by atoms with van der Waals surface area (Å²) < 4.78 is 90.5. The number of ether oxygens (including phenoxy) is 8. The van der Waals surface area contributed by atoms with Crippen molar-refractivity contribution in [1.82, 2.24) is 0 Å². The third-order valence-electron chi connectivity index (χ3n) is 10.1. The summed E-state index contributed by atoms with van der Waals surface area (Å²) in [6.07, 6.45) is -49.2. The summed E-state index contributed by atoms with van der Waals surface area (Å²) in [6.45, 7) is -5.22. The molecule has 4 aliphatic rings. The molecule has 0 aromatic rings. The van der Waals surface area contributed by atoms with Crippen LogP contribution >= 0.6 is 7.82 Å². The van der Waals surface area contributed by atoms with Crippen molar-refractivity contribution in [2.24, 2.45) is 0 Å². The van der Waals surface area contributed by atoms with E-state index >= 15 is 0 Å². The normalized spacial score (nSPS) is 42.5. The zero-order valence-corrected chi connectivity index (χ0v) is 34.8. The van der Waals surface area contributed by atoms with Gasteiger partial charge in [0.1, 0.15) is 122 Å². The molecule has 4 rings (SSSR count). The molecule has 0 saturated carbocycles. The number of rotatable bonds is 19. The molecule has 4 saturated heterocycles. The van der Waals surface area contributed by atoms with E-state index in [4.69, 9.17) is 70.3 Å². The highest BCUT2D eigenvalue weighted by Gasteiger charge is 2.56. The van der Waals surface area contributed by atoms with Crippen LogP contribution in [0.3, 0.4) is 0 Å². The second-order valence-corrected chi connectivity index (χ2v) is 16.8. The Balaban J connectivity index is 0.00000212. The molecule has 0 aromatic carbocycles. The zero-order valence-electron chi connectivity index (χ0n) is 33.1. The Kier molecular flexibility index (Phi) is 22.3. The van der Waals surface area contributed by atoms with Crippen molar-refractivity contribution in [2.45, 2.75) is 147 Å². The maximum absolute atomic E-state index is 11.8. The number of phosphoric ester groups is 1. The average Bonchev–Trinajstić information content (AvgIpc) is 3.24. The maximum atomic E-state index is 11.8. The monoisotopic (exact) mass is 1010 g/mol. The summed E-state index contributed by atoms with van der Waals surface area (Å²) >= 11 is 0. The van der Waals surface area contributed by atoms with Crippen LogP contribution in [0.1, 0.15) is 0 Å². The topological polar surface area (TPSA) is 556 Å². The van der Waals surface area contributed by atoms with E-state index in [-0.39, 0.29) is 6.29 Å². The first-order valence-electron chi connectivity index (χ1n) is 18.8. The lowest BCUT2D eigenvalue weighted by Crippen LogP contribution is -2.68. The highest BCUT2D eigenvalue weighted by Crippen LogP contribution is 2.38. The van der Waals surface area contributed by atoms with Crippen LogP contribution < -0.4 is 0 Å². The van der Waals surface area contributed by atoms with E-state index in [9.17, 15) is 86.0 Å². The molecule has 4 fully saturated rings. The molecule has 0 unspecified atom stereocenters. The van der Waals surface area contributed by atoms with Crippen molar-refractivity contribution in [3.8, 4) is 0 Å². The molecule has 0 bridgehead atoms. The summed E-state index contributed by atoms with van der Waals surface area (Å²) in [5, 5.41) is 167. The van der Waals surface area contributed by atoms with Crippen LogP contribution in [0.2, 0.25) is 0 Å². The minimum atomic E-state index is -5.15. The van der Waals surface area contributed by atoms with Gasteiger partial charge < -0.3 is 134 Å². The van der Waals surface area contributed by atoms with Gasteiger partial charge in [-0.2, -0.15) is 8.42 Å². The quantitative estimate of drug-likeness (QED) is 0.0324. The van der Waals surface area contributed by atoms with Crippen LogP contribution in [0, 0.1) is 0 Å². The molecule has 0 spiro atoms. The van der Waals surface area contributed by atoms with Gasteiger partial charge in [-0.15, -0.1) is 0 Å². The van der Waals surface area contributed by atoms with Gasteiger partial charge in [0.25, 0.3) is 0 Å². The van der Waals surface area contributed by atoms with E-state index in [0.29, 0.717) is 0 Å². The van der Waals surface area contributed by atoms with Crippen molar-refractivity contribution in [3.63, 3.8) is 0 Å². The molecule has 0 aromatic heterocycles. The highest BCUT2D eigenvalue weighted by molar-refractivity contribution is 7.79. The van der Waals surface area contributed by atoms with Gasteiger partial charge in [0.2, 0.25) is 0 Å². The molecule has 20 N–H and O–H groups in total. The molecule has 35 heteroatoms. The predicted octanol–water partition coefficient (Wildman–Crippen LogP) is -12.6. The summed E-state index contributed by atoms with van der Waals surface area (Å²) in [4.78, 5) is 29.8. The summed E-state index contributed by atoms with van der Waals surface area (Å²) in [5.41, 5.74) is 0. The summed E-state index contributed by atoms with van der Waals surface area (Å²) in [7, 11) is -9.81. The number of carbonyl (C=O) groups excluding carboxylic acids is 1. The van der Waals surface area contributed by atoms with Gasteiger partial charge in [-0.1, -0.05) is 0 Å². The van der Waals surface area contributed by atoms with E-state index in [1.165, 1.54) is 0 Å². The predicted molar refractivity (Wildman–Crippen MR) is 193 cm³/mol. The fraction of sp³-hybridized carbons (Fsp3) is 0.967. The molecular formula is C30H55O33PS. The third-order valence-corrected chi connectivity index (χ3v) is 10.6. The number of aliphatic hydroxyl groups excluding tert-OH is 16. The van der Waals surface area contributed by atoms with Crippen LogP contribution in [0.5, 0.6) is 0 Å². The molecule has 0 radical (unpaired) electrons. The van der Waals surface area contributed by atoms with Crippen molar-refractivity contribution < 1.29 is 161 Å². The Morgan fingerprint density at radius 2 is 0.892 bits per heavy atom. The Labute approximate surface area is 365 Å². The van der Waals surface area contributed by atoms with E-state index in [2.05, 4.69) is 4.52 Å². The second kappa shape index (κ2) is 25.0. The van der Waals surface area contributed by atoms with Gasteiger partial charge >= 0.3 is 18.2 Å². The largest absolute Gasteiger partial charge is 0.469 e. The Hall–Kier alpha value is -1.31. The highest BCUT2D eigenvalue weighted by atomic mass is 32.3. The number of hydrogen-bond acceptors (Lipinski definition) is 29. The first-order valence-corrected chi connectivity index (χ1v) is 21.8. The van der Waals surface area contributed by atoms with Gasteiger partial charge in [-0.25, -0.2) is 4.57 Å². The van der Waals surface area contributed by atoms with E-state index in [1.54, 1.807) is 0 Å². The Bertz CT molecular complexity index is 1590. The van der Waals surface area contributed by atoms with Gasteiger partial charge in [-0.3, -0.25) is 13.6 Å². The maximum Gasteiger partial charge on any atom is 0.469 e. The molecule has 384 valence electrons. The molecule has 65 heavy (non-hydrogen) atoms. The van der Waals surface area contributed by atoms with Gasteiger partial charge in [0.15, 0.2) is 31.4 Å². The molecule has 0 aliphatic carbocycles. The van der Waals surface area contributed by atoms with Crippen molar-refractivity contribution in [2.75, 3.05) is 33.0 Å². The fourth-order valence-electron chi connectivity index (χ4n) is 6.66. The van der Waals surface area contributed by atoms with E-state index in [1.807, 2.05) is 0 Å². The van der Waals surface area contributed by atoms with E-state index in [0.717, 1.165) is 0 Å². The first-order chi connectivity index (χ1) is 30.1. The van der Waals surface area contributed by atoms with Gasteiger partial charge in [0.05, 0.1) is 33.0 Å². The molecule has 24 atom stereocenters. The average molecular weight is 1010 g/mol. The number of aliphatic hydroxyl groups is 16. The Morgan fingerprint density at radius 1 is 0.538 bits per heavy atom. The van der Waals surface area contributed by atoms with Gasteiger partial charge in [0, 0.05) is 0 Å². The zero-order chi connectivity index (χ0) is 49.5. The number of aldehydes is 1. The summed E-state index contributed by atoms with van der Waals surface area (Å²) in [5.74, 6) is 0. The lowest BCUT2D eigenvalue weighted by atomic mass is 9.95. The fourth-order valence-corrected chi connectivity index (χ4v) is 7.00. The van der Waals surface area contributed by atoms with Crippen molar-refractivity contribution in [1.29, 1.82) is 0 Å². The number of carbonyl (C=O) groups is 1. The lowest BCUT2D eigenvalue weighted by Gasteiger charge is -2.49. The molecule has 4 heterocycles. The number of hydrogen-bond donors (Lipinski definition) is 20. The van der Waals surface area contributed by atoms with Crippen LogP contribution in [-0.4, -0.2) is 296 Å². The van der Waals surface area contributed by atoms with Crippen LogP contribution in [-0.2, 0) is 62.2 Å². The SMILES string of the molecule is O=C[C@@H](O[C@H]1O[C@H](CO)[C@@H](O)[C@H](O[C@H]2O[C@H](CO)[C@@H](O)[C@H](O[C@H]3O[C@H](CO)[C@@H](O)[C@H](O[C@H]4O[C@H](COP(=O)(O)O)[C@@H](O)[C@H](O)[C@@H]4O)[C@@H]3O)[C@@H]2O)[C@@H]1O)[C@@H](O)[C@H](O)[C@H](O)CO.O=S(=O)(O)O. The molecule has 0 amide bonds. The van der Waals surface area contributed by atoms with Crippen molar-refractivity contribution >= 4 is 24.5 Å². The van der Waals surface area contributed by atoms with Crippen LogP contribution in [0.25, 0.3) is 0 Å². The van der Waals surface area contributed by atoms with E-state index < -0.39 is 198 Å².